The fourth-order valence-corrected chi connectivity index (χ4v) is 5.06. The second kappa shape index (κ2) is 8.76. The number of hydrogen-bond acceptors (Lipinski definition) is 6. The predicted octanol–water partition coefficient (Wildman–Crippen LogP) is 4.76. The Bertz CT molecular complexity index is 1790. The predicted molar refractivity (Wildman–Crippen MR) is 140 cm³/mol. The number of esters is 1. The van der Waals surface area contributed by atoms with Crippen molar-refractivity contribution in [3.63, 3.8) is 0 Å². The second-order valence-corrected chi connectivity index (χ2v) is 10.8. The first-order chi connectivity index (χ1) is 17.6. The number of aryl methyl sites for hydroxylation is 1. The van der Waals surface area contributed by atoms with Gasteiger partial charge in [-0.2, -0.15) is 5.26 Å². The Morgan fingerprint density at radius 1 is 1.08 bits per heavy atom. The first kappa shape index (κ1) is 24.0. The summed E-state index contributed by atoms with van der Waals surface area (Å²) in [5, 5.41) is 10.4. The maximum absolute atomic E-state index is 13.7. The van der Waals surface area contributed by atoms with Crippen LogP contribution in [-0.4, -0.2) is 38.6 Å². The number of ether oxygens (including phenoxy) is 1. The van der Waals surface area contributed by atoms with Crippen LogP contribution in [0.1, 0.15) is 32.7 Å². The maximum Gasteiger partial charge on any atom is 0.337 e. The van der Waals surface area contributed by atoms with E-state index in [9.17, 15) is 23.3 Å². The third-order valence-electron chi connectivity index (χ3n) is 6.32. The van der Waals surface area contributed by atoms with Crippen molar-refractivity contribution < 1.29 is 22.7 Å². The third-order valence-corrected chi connectivity index (χ3v) is 7.44. The average molecular weight is 512 g/mol. The molecule has 0 radical (unpaired) electrons. The van der Waals surface area contributed by atoms with E-state index in [1.54, 1.807) is 55.5 Å². The lowest BCUT2D eigenvalue weighted by Crippen LogP contribution is -2.20. The number of aromatic nitrogens is 1. The zero-order valence-electron chi connectivity index (χ0n) is 20.2. The van der Waals surface area contributed by atoms with Crippen LogP contribution in [0.5, 0.6) is 0 Å². The Morgan fingerprint density at radius 3 is 2.46 bits per heavy atom. The van der Waals surface area contributed by atoms with Gasteiger partial charge in [-0.05, 0) is 73.2 Å². The van der Waals surface area contributed by atoms with Gasteiger partial charge in [0.05, 0.1) is 40.5 Å². The highest BCUT2D eigenvalue weighted by atomic mass is 32.2. The van der Waals surface area contributed by atoms with Gasteiger partial charge in [-0.3, -0.25) is 9.69 Å². The van der Waals surface area contributed by atoms with Crippen molar-refractivity contribution in [1.29, 1.82) is 5.26 Å². The topological polar surface area (TPSA) is 120 Å². The van der Waals surface area contributed by atoms with E-state index < -0.39 is 15.8 Å². The molecule has 8 nitrogen and oxygen atoms in total. The van der Waals surface area contributed by atoms with E-state index in [1.807, 2.05) is 6.07 Å². The smallest absolute Gasteiger partial charge is 0.337 e. The lowest BCUT2D eigenvalue weighted by atomic mass is 10.00. The number of aromatic amines is 1. The molecule has 1 N–H and O–H groups in total. The van der Waals surface area contributed by atoms with Gasteiger partial charge in [0, 0.05) is 34.1 Å². The van der Waals surface area contributed by atoms with Crippen molar-refractivity contribution in [2.75, 3.05) is 18.3 Å². The molecule has 9 heteroatoms. The zero-order valence-corrected chi connectivity index (χ0v) is 21.0. The number of fused-ring (bicyclic) bond motifs is 2. The van der Waals surface area contributed by atoms with Gasteiger partial charge in [0.2, 0.25) is 0 Å². The Balaban J connectivity index is 1.64. The van der Waals surface area contributed by atoms with E-state index in [0.29, 0.717) is 50.4 Å². The number of benzene rings is 3. The fraction of sp³-hybridized carbons (Fsp3) is 0.107. The Morgan fingerprint density at radius 2 is 1.81 bits per heavy atom. The number of rotatable bonds is 4. The summed E-state index contributed by atoms with van der Waals surface area (Å²) in [5.41, 5.74) is 4.98. The van der Waals surface area contributed by atoms with Crippen LogP contribution >= 0.6 is 0 Å². The number of nitrogens with zero attached hydrogens (tertiary/aromatic N) is 2. The summed E-state index contributed by atoms with van der Waals surface area (Å²) in [5.74, 6) is -0.765. The van der Waals surface area contributed by atoms with Gasteiger partial charge in [0.1, 0.15) is 0 Å². The molecule has 3 aromatic carbocycles. The number of anilines is 2. The first-order valence-electron chi connectivity index (χ1n) is 11.2. The highest BCUT2D eigenvalue weighted by Gasteiger charge is 2.34. The Kier molecular flexibility index (Phi) is 5.69. The largest absolute Gasteiger partial charge is 0.465 e. The molecule has 1 aromatic heterocycles. The minimum Gasteiger partial charge on any atom is -0.465 e. The maximum atomic E-state index is 13.7. The van der Waals surface area contributed by atoms with Crippen molar-refractivity contribution in [2.45, 2.75) is 11.8 Å². The molecule has 0 fully saturated rings. The van der Waals surface area contributed by atoms with Crippen LogP contribution in [0, 0.1) is 18.3 Å². The molecular weight excluding hydrogens is 490 g/mol. The summed E-state index contributed by atoms with van der Waals surface area (Å²) in [7, 11) is -2.07. The Hall–Kier alpha value is -4.68. The number of carbonyl (C=O) groups excluding carboxylic acids is 2. The van der Waals surface area contributed by atoms with Crippen LogP contribution in [0.25, 0.3) is 22.6 Å². The molecule has 0 spiro atoms. The van der Waals surface area contributed by atoms with Crippen molar-refractivity contribution in [1.82, 2.24) is 4.98 Å². The van der Waals surface area contributed by atoms with E-state index in [0.717, 1.165) is 11.6 Å². The summed E-state index contributed by atoms with van der Waals surface area (Å²) >= 11 is 0. The monoisotopic (exact) mass is 511 g/mol. The van der Waals surface area contributed by atoms with Crippen LogP contribution in [0.4, 0.5) is 11.4 Å². The lowest BCUT2D eigenvalue weighted by Gasteiger charge is -2.18. The van der Waals surface area contributed by atoms with Gasteiger partial charge >= 0.3 is 5.97 Å². The Labute approximate surface area is 213 Å². The molecule has 4 aromatic rings. The number of carbonyl (C=O) groups is 2. The highest BCUT2D eigenvalue weighted by Crippen LogP contribution is 2.43. The third kappa shape index (κ3) is 4.17. The van der Waals surface area contributed by atoms with E-state index in [4.69, 9.17) is 4.74 Å². The van der Waals surface area contributed by atoms with E-state index in [2.05, 4.69) is 11.1 Å². The van der Waals surface area contributed by atoms with E-state index >= 15 is 0 Å². The van der Waals surface area contributed by atoms with Gasteiger partial charge < -0.3 is 9.72 Å². The van der Waals surface area contributed by atoms with Crippen LogP contribution in [-0.2, 0) is 19.4 Å². The van der Waals surface area contributed by atoms with Crippen LogP contribution < -0.4 is 4.90 Å². The molecule has 0 unspecified atom stereocenters. The van der Waals surface area contributed by atoms with Crippen LogP contribution in [0.3, 0.4) is 0 Å². The van der Waals surface area contributed by atoms with E-state index in [1.165, 1.54) is 24.1 Å². The summed E-state index contributed by atoms with van der Waals surface area (Å²) in [6, 6.07) is 18.7. The second-order valence-electron chi connectivity index (χ2n) is 8.78. The van der Waals surface area contributed by atoms with Gasteiger partial charge in [0.25, 0.3) is 5.91 Å². The molecule has 0 saturated carbocycles. The number of sulfone groups is 1. The number of nitriles is 1. The number of methoxy groups -OCH3 is 1. The summed E-state index contributed by atoms with van der Waals surface area (Å²) in [6.07, 6.45) is 2.83. The van der Waals surface area contributed by atoms with Crippen molar-refractivity contribution in [3.8, 4) is 6.07 Å². The molecular formula is C28H21N3O5S. The van der Waals surface area contributed by atoms with Gasteiger partial charge in [-0.15, -0.1) is 0 Å². The van der Waals surface area contributed by atoms with Crippen molar-refractivity contribution in [2.24, 2.45) is 0 Å². The van der Waals surface area contributed by atoms with Crippen molar-refractivity contribution >= 4 is 55.6 Å². The minimum atomic E-state index is -3.39. The number of amides is 1. The molecule has 1 aliphatic heterocycles. The molecule has 184 valence electrons. The highest BCUT2D eigenvalue weighted by molar-refractivity contribution is 7.90. The van der Waals surface area contributed by atoms with Gasteiger partial charge in [-0.25, -0.2) is 13.2 Å². The number of nitrogens with one attached hydrogen (secondary N) is 1. The van der Waals surface area contributed by atoms with Crippen molar-refractivity contribution in [3.05, 3.63) is 88.6 Å². The van der Waals surface area contributed by atoms with Crippen LogP contribution in [0.2, 0.25) is 0 Å². The molecule has 0 aliphatic carbocycles. The SMILES string of the molecule is COC(=O)c1ccc2cc(/C=C3\C(=O)N(c4ccc(S(C)(=O)=O)cc4)c4cc(C)c(C#N)cc43)[nH]c2c1. The standard InChI is InChI=1S/C28H21N3O5S/c1-16-10-26-23(12-19(16)15-29)24(27(32)31(26)21-6-8-22(9-7-21)37(3,34)35)14-20-11-17-4-5-18(28(33)36-2)13-25(17)30-20/h4-14,30H,1-3H3/b24-14-. The number of H-pyrrole nitrogens is 1. The molecule has 0 atom stereocenters. The molecule has 5 rings (SSSR count). The average Bonchev–Trinajstić information content (AvgIpc) is 3.39. The molecule has 2 heterocycles. The molecule has 1 amide bonds. The summed E-state index contributed by atoms with van der Waals surface area (Å²) in [6.45, 7) is 1.80. The van der Waals surface area contributed by atoms with Crippen LogP contribution in [0.15, 0.2) is 65.6 Å². The van der Waals surface area contributed by atoms with Gasteiger partial charge in [0.15, 0.2) is 9.84 Å². The number of hydrogen-bond donors (Lipinski definition) is 1. The lowest BCUT2D eigenvalue weighted by molar-refractivity contribution is -0.112. The molecule has 1 aliphatic rings. The quantitative estimate of drug-likeness (QED) is 0.312. The summed E-state index contributed by atoms with van der Waals surface area (Å²) < 4.78 is 28.6. The first-order valence-corrected chi connectivity index (χ1v) is 13.1. The zero-order chi connectivity index (χ0) is 26.5. The van der Waals surface area contributed by atoms with Gasteiger partial charge in [-0.1, -0.05) is 6.07 Å². The normalized spacial score (nSPS) is 14.2. The summed E-state index contributed by atoms with van der Waals surface area (Å²) in [4.78, 5) is 30.5. The molecule has 0 saturated heterocycles. The van der Waals surface area contributed by atoms with E-state index in [-0.39, 0.29) is 10.8 Å². The molecule has 37 heavy (non-hydrogen) atoms. The fourth-order valence-electron chi connectivity index (χ4n) is 4.42. The minimum absolute atomic E-state index is 0.152. The molecule has 0 bridgehead atoms.